The lowest BCUT2D eigenvalue weighted by Crippen LogP contribution is -2.20. The second kappa shape index (κ2) is 5.58. The summed E-state index contributed by atoms with van der Waals surface area (Å²) >= 11 is 7.57. The summed E-state index contributed by atoms with van der Waals surface area (Å²) in [6.45, 7) is 4.05. The lowest BCUT2D eigenvalue weighted by Gasteiger charge is -2.15. The van der Waals surface area contributed by atoms with Gasteiger partial charge in [0.05, 0.1) is 5.51 Å². The summed E-state index contributed by atoms with van der Waals surface area (Å²) in [6, 6.07) is 0. The molecule has 1 aromatic rings. The Kier molecular flexibility index (Phi) is 4.70. The molecule has 1 atom stereocenters. The molecule has 2 nitrogen and oxygen atoms in total. The number of rotatable bonds is 5. The van der Waals surface area contributed by atoms with Crippen molar-refractivity contribution >= 4 is 22.9 Å². The molecule has 1 unspecified atom stereocenters. The van der Waals surface area contributed by atoms with E-state index in [1.807, 2.05) is 18.6 Å². The molecular weight excluding hydrogens is 204 g/mol. The van der Waals surface area contributed by atoms with E-state index in [0.29, 0.717) is 0 Å². The Hall–Kier alpha value is -0.120. The number of thiazole rings is 1. The van der Waals surface area contributed by atoms with Crippen LogP contribution >= 0.6 is 22.9 Å². The van der Waals surface area contributed by atoms with Crippen molar-refractivity contribution in [2.75, 3.05) is 13.6 Å². The zero-order chi connectivity index (χ0) is 9.68. The van der Waals surface area contributed by atoms with E-state index in [4.69, 9.17) is 11.6 Å². The van der Waals surface area contributed by atoms with Crippen LogP contribution in [0.25, 0.3) is 0 Å². The maximum absolute atomic E-state index is 5.87. The number of hydrogen-bond donors (Lipinski definition) is 0. The quantitative estimate of drug-likeness (QED) is 0.707. The molecule has 74 valence electrons. The number of aromatic nitrogens is 1. The van der Waals surface area contributed by atoms with Crippen LogP contribution < -0.4 is 0 Å². The first-order chi connectivity index (χ1) is 6.18. The van der Waals surface area contributed by atoms with Crippen molar-refractivity contribution in [1.29, 1.82) is 0 Å². The van der Waals surface area contributed by atoms with Crippen LogP contribution in [0.1, 0.15) is 18.2 Å². The van der Waals surface area contributed by atoms with Crippen LogP contribution in [0, 0.1) is 0 Å². The van der Waals surface area contributed by atoms with Gasteiger partial charge in [-0.3, -0.25) is 4.98 Å². The van der Waals surface area contributed by atoms with Crippen LogP contribution in [0.2, 0.25) is 0 Å². The van der Waals surface area contributed by atoms with Crippen molar-refractivity contribution in [1.82, 2.24) is 9.88 Å². The Bertz CT molecular complexity index is 224. The van der Waals surface area contributed by atoms with Crippen molar-refractivity contribution < 1.29 is 0 Å². The highest BCUT2D eigenvalue weighted by molar-refractivity contribution is 7.09. The third kappa shape index (κ3) is 4.60. The Morgan fingerprint density at radius 3 is 3.00 bits per heavy atom. The Morgan fingerprint density at radius 2 is 2.46 bits per heavy atom. The Labute approximate surface area is 88.5 Å². The van der Waals surface area contributed by atoms with Crippen LogP contribution in [-0.4, -0.2) is 28.9 Å². The minimum absolute atomic E-state index is 0.268. The van der Waals surface area contributed by atoms with Crippen LogP contribution in [-0.2, 0) is 6.54 Å². The molecule has 0 amide bonds. The molecule has 0 spiro atoms. The lowest BCUT2D eigenvalue weighted by molar-refractivity contribution is 0.324. The molecule has 1 aromatic heterocycles. The fourth-order valence-electron chi connectivity index (χ4n) is 1.06. The van der Waals surface area contributed by atoms with Gasteiger partial charge in [-0.25, -0.2) is 0 Å². The summed E-state index contributed by atoms with van der Waals surface area (Å²) < 4.78 is 0. The van der Waals surface area contributed by atoms with Gasteiger partial charge in [-0.2, -0.15) is 0 Å². The highest BCUT2D eigenvalue weighted by Crippen LogP contribution is 2.09. The monoisotopic (exact) mass is 218 g/mol. The second-order valence-electron chi connectivity index (χ2n) is 3.27. The first-order valence-corrected chi connectivity index (χ1v) is 5.70. The highest BCUT2D eigenvalue weighted by atomic mass is 35.5. The van der Waals surface area contributed by atoms with Crippen molar-refractivity contribution in [3.8, 4) is 0 Å². The minimum Gasteiger partial charge on any atom is -0.301 e. The van der Waals surface area contributed by atoms with E-state index in [2.05, 4.69) is 16.9 Å². The van der Waals surface area contributed by atoms with Crippen LogP contribution in [0.4, 0.5) is 0 Å². The van der Waals surface area contributed by atoms with Crippen molar-refractivity contribution in [3.05, 3.63) is 16.6 Å². The molecule has 0 aliphatic rings. The van der Waals surface area contributed by atoms with Gasteiger partial charge in [-0.05, 0) is 26.9 Å². The highest BCUT2D eigenvalue weighted by Gasteiger charge is 2.03. The van der Waals surface area contributed by atoms with Gasteiger partial charge in [0.2, 0.25) is 0 Å². The van der Waals surface area contributed by atoms with E-state index in [0.717, 1.165) is 19.5 Å². The maximum atomic E-state index is 5.87. The maximum Gasteiger partial charge on any atom is 0.0794 e. The van der Waals surface area contributed by atoms with E-state index in [1.54, 1.807) is 11.3 Å². The summed E-state index contributed by atoms with van der Waals surface area (Å²) in [6.07, 6.45) is 2.96. The molecule has 0 fully saturated rings. The van der Waals surface area contributed by atoms with E-state index < -0.39 is 0 Å². The first kappa shape index (κ1) is 11.0. The van der Waals surface area contributed by atoms with E-state index >= 15 is 0 Å². The molecule has 0 aliphatic heterocycles. The molecule has 0 saturated carbocycles. The van der Waals surface area contributed by atoms with Gasteiger partial charge in [0.25, 0.3) is 0 Å². The van der Waals surface area contributed by atoms with Crippen molar-refractivity contribution in [2.45, 2.75) is 25.3 Å². The molecule has 0 aliphatic carbocycles. The number of hydrogen-bond acceptors (Lipinski definition) is 3. The average molecular weight is 219 g/mol. The fraction of sp³-hybridized carbons (Fsp3) is 0.667. The van der Waals surface area contributed by atoms with Crippen LogP contribution in [0.5, 0.6) is 0 Å². The van der Waals surface area contributed by atoms with Gasteiger partial charge in [-0.1, -0.05) is 0 Å². The average Bonchev–Trinajstić information content (AvgIpc) is 2.53. The van der Waals surface area contributed by atoms with Gasteiger partial charge >= 0.3 is 0 Å². The molecule has 0 N–H and O–H groups in total. The molecular formula is C9H15ClN2S. The summed E-state index contributed by atoms with van der Waals surface area (Å²) in [5.41, 5.74) is 1.87. The molecule has 13 heavy (non-hydrogen) atoms. The van der Waals surface area contributed by atoms with Gasteiger partial charge in [0.15, 0.2) is 0 Å². The first-order valence-electron chi connectivity index (χ1n) is 4.38. The molecule has 4 heteroatoms. The molecule has 1 heterocycles. The topological polar surface area (TPSA) is 16.1 Å². The van der Waals surface area contributed by atoms with Gasteiger partial charge < -0.3 is 4.90 Å². The number of halogens is 1. The van der Waals surface area contributed by atoms with Gasteiger partial charge in [0.1, 0.15) is 0 Å². The standard InChI is InChI=1S/C9H15ClN2S/c1-8(10)3-4-12(2)6-9-5-11-7-13-9/h5,7-8H,3-4,6H2,1-2H3. The van der Waals surface area contributed by atoms with Gasteiger partial charge in [0, 0.05) is 23.0 Å². The predicted octanol–water partition coefficient (Wildman–Crippen LogP) is 2.59. The van der Waals surface area contributed by atoms with Crippen molar-refractivity contribution in [2.24, 2.45) is 0 Å². The summed E-state index contributed by atoms with van der Waals surface area (Å²) in [4.78, 5) is 7.62. The summed E-state index contributed by atoms with van der Waals surface area (Å²) in [7, 11) is 2.11. The predicted molar refractivity (Wildman–Crippen MR) is 58.4 cm³/mol. The largest absolute Gasteiger partial charge is 0.301 e. The zero-order valence-corrected chi connectivity index (χ0v) is 9.61. The minimum atomic E-state index is 0.268. The molecule has 0 radical (unpaired) electrons. The lowest BCUT2D eigenvalue weighted by atomic mass is 10.3. The fourth-order valence-corrected chi connectivity index (χ4v) is 1.83. The number of alkyl halides is 1. The molecule has 1 rings (SSSR count). The van der Waals surface area contributed by atoms with Gasteiger partial charge in [-0.15, -0.1) is 22.9 Å². The van der Waals surface area contributed by atoms with E-state index in [9.17, 15) is 0 Å². The normalized spacial score (nSPS) is 13.5. The Balaban J connectivity index is 2.22. The van der Waals surface area contributed by atoms with Crippen molar-refractivity contribution in [3.63, 3.8) is 0 Å². The summed E-state index contributed by atoms with van der Waals surface area (Å²) in [5, 5.41) is 0.268. The van der Waals surface area contributed by atoms with E-state index in [-0.39, 0.29) is 5.38 Å². The molecule has 0 aromatic carbocycles. The third-order valence-corrected chi connectivity index (χ3v) is 2.80. The zero-order valence-electron chi connectivity index (χ0n) is 8.03. The smallest absolute Gasteiger partial charge is 0.0794 e. The molecule has 0 saturated heterocycles. The molecule has 0 bridgehead atoms. The second-order valence-corrected chi connectivity index (χ2v) is 4.99. The van der Waals surface area contributed by atoms with Crippen LogP contribution in [0.15, 0.2) is 11.7 Å². The SMILES string of the molecule is CC(Cl)CCN(C)Cc1cncs1. The number of nitrogens with zero attached hydrogens (tertiary/aromatic N) is 2. The van der Waals surface area contributed by atoms with E-state index in [1.165, 1.54) is 4.88 Å². The Morgan fingerprint density at radius 1 is 1.69 bits per heavy atom. The summed E-state index contributed by atoms with van der Waals surface area (Å²) in [5.74, 6) is 0. The third-order valence-electron chi connectivity index (χ3n) is 1.82. The van der Waals surface area contributed by atoms with Crippen LogP contribution in [0.3, 0.4) is 0 Å².